The maximum atomic E-state index is 13.4. The largest absolute Gasteiger partial charge is 0.432 e. The van der Waals surface area contributed by atoms with E-state index in [2.05, 4.69) is 9.46 Å². The summed E-state index contributed by atoms with van der Waals surface area (Å²) in [5.74, 6) is -1.66. The highest BCUT2D eigenvalue weighted by atomic mass is 35.5. The average molecular weight is 406 g/mol. The minimum atomic E-state index is -3.97. The van der Waals surface area contributed by atoms with Gasteiger partial charge in [0.1, 0.15) is 0 Å². The Hall–Kier alpha value is -1.77. The molecule has 26 heavy (non-hydrogen) atoms. The highest BCUT2D eigenvalue weighted by Crippen LogP contribution is 2.38. The Kier molecular flexibility index (Phi) is 5.45. The Bertz CT molecular complexity index is 885. The molecule has 0 saturated heterocycles. The van der Waals surface area contributed by atoms with Crippen LogP contribution in [0.15, 0.2) is 47.4 Å². The summed E-state index contributed by atoms with van der Waals surface area (Å²) in [7, 11) is -3.97. The molecule has 0 unspecified atom stereocenters. The summed E-state index contributed by atoms with van der Waals surface area (Å²) in [5.41, 5.74) is 1.07. The Morgan fingerprint density at radius 2 is 1.77 bits per heavy atom. The first-order valence-electron chi connectivity index (χ1n) is 7.77. The summed E-state index contributed by atoms with van der Waals surface area (Å²) in [6.45, 7) is -3.25. The highest BCUT2D eigenvalue weighted by Gasteiger charge is 2.33. The second kappa shape index (κ2) is 7.46. The first kappa shape index (κ1) is 19.0. The Labute approximate surface area is 154 Å². The minimum absolute atomic E-state index is 0.214. The maximum Gasteiger partial charge on any atom is 0.387 e. The third kappa shape index (κ3) is 4.31. The Balaban J connectivity index is 1.66. The molecule has 9 heteroatoms. The third-order valence-electron chi connectivity index (χ3n) is 4.23. The van der Waals surface area contributed by atoms with Gasteiger partial charge < -0.3 is 4.74 Å². The number of hydrogen-bond donors (Lipinski definition) is 1. The molecule has 0 spiro atoms. The van der Waals surface area contributed by atoms with Gasteiger partial charge >= 0.3 is 6.61 Å². The molecule has 4 nitrogen and oxygen atoms in total. The molecule has 140 valence electrons. The van der Waals surface area contributed by atoms with Gasteiger partial charge in [-0.15, -0.1) is 0 Å². The molecule has 0 bridgehead atoms. The van der Waals surface area contributed by atoms with Crippen molar-refractivity contribution in [2.75, 3.05) is 0 Å². The molecule has 3 rings (SSSR count). The molecule has 0 radical (unpaired) electrons. The van der Waals surface area contributed by atoms with Gasteiger partial charge in [-0.05, 0) is 48.6 Å². The van der Waals surface area contributed by atoms with Crippen LogP contribution >= 0.6 is 11.6 Å². The fraction of sp³-hybridized carbons (Fsp3) is 0.294. The standard InChI is InChI=1S/C17H15ClF3NO3S/c18-12-3-1-10(2-4-12)11-7-13(8-11)22-26(23,24)14-5-6-15(19)16(9-14)25-17(20)21/h1-6,9,11,13,17,22H,7-8H2. The first-order valence-corrected chi connectivity index (χ1v) is 9.63. The van der Waals surface area contributed by atoms with Gasteiger partial charge in [0.05, 0.1) is 4.90 Å². The predicted octanol–water partition coefficient (Wildman–Crippen LogP) is 4.31. The number of rotatable bonds is 6. The van der Waals surface area contributed by atoms with Gasteiger partial charge in [-0.25, -0.2) is 17.5 Å². The Morgan fingerprint density at radius 3 is 2.38 bits per heavy atom. The van der Waals surface area contributed by atoms with Crippen LogP contribution in [0, 0.1) is 5.82 Å². The zero-order chi connectivity index (χ0) is 18.9. The molecule has 0 amide bonds. The smallest absolute Gasteiger partial charge is 0.387 e. The van der Waals surface area contributed by atoms with E-state index in [-0.39, 0.29) is 16.9 Å². The van der Waals surface area contributed by atoms with Crippen molar-refractivity contribution in [1.82, 2.24) is 4.72 Å². The van der Waals surface area contributed by atoms with Crippen molar-refractivity contribution in [2.24, 2.45) is 0 Å². The van der Waals surface area contributed by atoms with Crippen molar-refractivity contribution in [3.8, 4) is 5.75 Å². The van der Waals surface area contributed by atoms with Gasteiger partial charge in [-0.1, -0.05) is 23.7 Å². The normalized spacial score (nSPS) is 20.0. The number of alkyl halides is 2. The van der Waals surface area contributed by atoms with E-state index in [0.717, 1.165) is 23.8 Å². The van der Waals surface area contributed by atoms with E-state index < -0.39 is 28.2 Å². The number of hydrogen-bond acceptors (Lipinski definition) is 3. The van der Waals surface area contributed by atoms with Gasteiger partial charge in [0.2, 0.25) is 10.0 Å². The number of benzene rings is 2. The van der Waals surface area contributed by atoms with E-state index in [4.69, 9.17) is 11.6 Å². The highest BCUT2D eigenvalue weighted by molar-refractivity contribution is 7.89. The quantitative estimate of drug-likeness (QED) is 0.779. The van der Waals surface area contributed by atoms with Crippen LogP contribution in [0.2, 0.25) is 5.02 Å². The molecule has 2 aromatic carbocycles. The van der Waals surface area contributed by atoms with Gasteiger partial charge in [0.25, 0.3) is 0 Å². The predicted molar refractivity (Wildman–Crippen MR) is 90.6 cm³/mol. The summed E-state index contributed by atoms with van der Waals surface area (Å²) < 4.78 is 69.2. The van der Waals surface area contributed by atoms with E-state index >= 15 is 0 Å². The van der Waals surface area contributed by atoms with E-state index in [1.807, 2.05) is 12.1 Å². The maximum absolute atomic E-state index is 13.4. The van der Waals surface area contributed by atoms with Crippen molar-refractivity contribution < 1.29 is 26.3 Å². The molecule has 1 saturated carbocycles. The zero-order valence-corrected chi connectivity index (χ0v) is 14.9. The van der Waals surface area contributed by atoms with Crippen LogP contribution in [0.1, 0.15) is 24.3 Å². The van der Waals surface area contributed by atoms with Crippen LogP contribution < -0.4 is 9.46 Å². The molecular formula is C17H15ClF3NO3S. The van der Waals surface area contributed by atoms with Crippen molar-refractivity contribution in [3.05, 3.63) is 58.9 Å². The molecule has 1 N–H and O–H groups in total. The summed E-state index contributed by atoms with van der Waals surface area (Å²) in [4.78, 5) is -0.329. The van der Waals surface area contributed by atoms with Crippen molar-refractivity contribution in [1.29, 1.82) is 0 Å². The fourth-order valence-electron chi connectivity index (χ4n) is 2.85. The van der Waals surface area contributed by atoms with E-state index in [0.29, 0.717) is 17.9 Å². The monoisotopic (exact) mass is 405 g/mol. The van der Waals surface area contributed by atoms with Crippen LogP contribution in [0.5, 0.6) is 5.75 Å². The van der Waals surface area contributed by atoms with E-state index in [1.165, 1.54) is 0 Å². The lowest BCUT2D eigenvalue weighted by Gasteiger charge is -2.36. The topological polar surface area (TPSA) is 55.4 Å². The second-order valence-electron chi connectivity index (χ2n) is 6.01. The average Bonchev–Trinajstić information content (AvgIpc) is 2.53. The minimum Gasteiger partial charge on any atom is -0.432 e. The first-order chi connectivity index (χ1) is 12.2. The Morgan fingerprint density at radius 1 is 1.12 bits per heavy atom. The summed E-state index contributed by atoms with van der Waals surface area (Å²) in [6, 6.07) is 9.59. The number of halogens is 4. The zero-order valence-electron chi connectivity index (χ0n) is 13.3. The van der Waals surface area contributed by atoms with E-state index in [9.17, 15) is 21.6 Å². The molecule has 1 aliphatic rings. The molecule has 1 fully saturated rings. The van der Waals surface area contributed by atoms with Gasteiger partial charge in [-0.2, -0.15) is 8.78 Å². The summed E-state index contributed by atoms with van der Waals surface area (Å²) in [6.07, 6.45) is 1.20. The molecular weight excluding hydrogens is 391 g/mol. The van der Waals surface area contributed by atoms with Crippen LogP contribution in [0.3, 0.4) is 0 Å². The number of sulfonamides is 1. The molecule has 0 atom stereocenters. The number of ether oxygens (including phenoxy) is 1. The molecule has 0 heterocycles. The number of nitrogens with one attached hydrogen (secondary N) is 1. The van der Waals surface area contributed by atoms with Crippen molar-refractivity contribution in [2.45, 2.75) is 36.3 Å². The van der Waals surface area contributed by atoms with Gasteiger partial charge in [-0.3, -0.25) is 0 Å². The molecule has 2 aromatic rings. The fourth-order valence-corrected chi connectivity index (χ4v) is 4.25. The lowest BCUT2D eigenvalue weighted by Crippen LogP contribution is -2.43. The van der Waals surface area contributed by atoms with Crippen LogP contribution in [-0.2, 0) is 10.0 Å². The SMILES string of the molecule is O=S(=O)(NC1CC(c2ccc(Cl)cc2)C1)c1ccc(F)c(OC(F)F)c1. The lowest BCUT2D eigenvalue weighted by atomic mass is 9.76. The second-order valence-corrected chi connectivity index (χ2v) is 8.16. The summed E-state index contributed by atoms with van der Waals surface area (Å²) in [5, 5.41) is 0.628. The third-order valence-corrected chi connectivity index (χ3v) is 6.00. The van der Waals surface area contributed by atoms with E-state index in [1.54, 1.807) is 12.1 Å². The van der Waals surface area contributed by atoms with Crippen molar-refractivity contribution >= 4 is 21.6 Å². The summed E-state index contributed by atoms with van der Waals surface area (Å²) >= 11 is 5.84. The van der Waals surface area contributed by atoms with Crippen LogP contribution in [-0.4, -0.2) is 21.1 Å². The van der Waals surface area contributed by atoms with Crippen LogP contribution in [0.4, 0.5) is 13.2 Å². The lowest BCUT2D eigenvalue weighted by molar-refractivity contribution is -0.0523. The van der Waals surface area contributed by atoms with Crippen LogP contribution in [0.25, 0.3) is 0 Å². The molecule has 1 aliphatic carbocycles. The van der Waals surface area contributed by atoms with Gasteiger partial charge in [0.15, 0.2) is 11.6 Å². The van der Waals surface area contributed by atoms with Crippen molar-refractivity contribution in [3.63, 3.8) is 0 Å². The van der Waals surface area contributed by atoms with Gasteiger partial charge in [0, 0.05) is 17.1 Å². The molecule has 0 aliphatic heterocycles. The molecule has 0 aromatic heterocycles.